The van der Waals surface area contributed by atoms with Gasteiger partial charge in [0.25, 0.3) is 5.91 Å². The summed E-state index contributed by atoms with van der Waals surface area (Å²) >= 11 is 0. The van der Waals surface area contributed by atoms with Crippen molar-refractivity contribution in [3.63, 3.8) is 0 Å². The smallest absolute Gasteiger partial charge is 0.258 e. The average Bonchev–Trinajstić information content (AvgIpc) is 2.79. The van der Waals surface area contributed by atoms with Gasteiger partial charge in [0.2, 0.25) is 10.0 Å². The number of sulfonamides is 1. The van der Waals surface area contributed by atoms with Crippen molar-refractivity contribution in [1.82, 2.24) is 4.72 Å². The Morgan fingerprint density at radius 1 is 0.969 bits per heavy atom. The molecule has 0 atom stereocenters. The molecule has 1 N–H and O–H groups in total. The Labute approximate surface area is 189 Å². The normalized spacial score (nSPS) is 11.4. The van der Waals surface area contributed by atoms with E-state index in [4.69, 9.17) is 4.74 Å². The summed E-state index contributed by atoms with van der Waals surface area (Å²) in [5, 5.41) is 0. The summed E-state index contributed by atoms with van der Waals surface area (Å²) in [6.07, 6.45) is 0.664. The molecular weight excluding hydrogens is 424 g/mol. The van der Waals surface area contributed by atoms with Crippen LogP contribution in [-0.4, -0.2) is 34.0 Å². The zero-order valence-electron chi connectivity index (χ0n) is 18.5. The zero-order valence-corrected chi connectivity index (χ0v) is 19.3. The monoisotopic (exact) mass is 452 g/mol. The van der Waals surface area contributed by atoms with Gasteiger partial charge in [0.1, 0.15) is 10.6 Å². The van der Waals surface area contributed by atoms with Crippen LogP contribution in [0.1, 0.15) is 29.8 Å². The van der Waals surface area contributed by atoms with Crippen LogP contribution in [0.4, 0.5) is 5.69 Å². The van der Waals surface area contributed by atoms with Crippen LogP contribution in [0.3, 0.4) is 0 Å². The van der Waals surface area contributed by atoms with Gasteiger partial charge in [-0.1, -0.05) is 48.5 Å². The Balaban J connectivity index is 1.97. The lowest BCUT2D eigenvalue weighted by Crippen LogP contribution is -2.34. The molecule has 0 fully saturated rings. The second-order valence-electron chi connectivity index (χ2n) is 7.67. The van der Waals surface area contributed by atoms with Gasteiger partial charge < -0.3 is 9.64 Å². The van der Waals surface area contributed by atoms with Crippen molar-refractivity contribution in [3.05, 3.63) is 90.0 Å². The Morgan fingerprint density at radius 3 is 2.19 bits per heavy atom. The van der Waals surface area contributed by atoms with Crippen LogP contribution in [-0.2, 0) is 16.4 Å². The van der Waals surface area contributed by atoms with Crippen LogP contribution in [0.15, 0.2) is 83.8 Å². The predicted molar refractivity (Wildman–Crippen MR) is 127 cm³/mol. The molecule has 1 amide bonds. The minimum absolute atomic E-state index is 0.0596. The average molecular weight is 453 g/mol. The maximum Gasteiger partial charge on any atom is 0.258 e. The number of carbonyl (C=O) groups excluding carboxylic acids is 1. The van der Waals surface area contributed by atoms with E-state index in [2.05, 4.69) is 4.72 Å². The van der Waals surface area contributed by atoms with Crippen molar-refractivity contribution in [2.45, 2.75) is 31.2 Å². The largest absolute Gasteiger partial charge is 0.495 e. The third-order valence-corrected chi connectivity index (χ3v) is 6.55. The van der Waals surface area contributed by atoms with Gasteiger partial charge in [-0.25, -0.2) is 13.1 Å². The molecule has 0 aromatic heterocycles. The van der Waals surface area contributed by atoms with E-state index in [1.54, 1.807) is 24.8 Å². The van der Waals surface area contributed by atoms with E-state index < -0.39 is 10.0 Å². The first-order valence-corrected chi connectivity index (χ1v) is 11.9. The number of hydrogen-bond donors (Lipinski definition) is 1. The van der Waals surface area contributed by atoms with Gasteiger partial charge in [0.15, 0.2) is 0 Å². The number of hydrogen-bond acceptors (Lipinski definition) is 4. The third kappa shape index (κ3) is 5.75. The molecule has 32 heavy (non-hydrogen) atoms. The quantitative estimate of drug-likeness (QED) is 0.526. The first kappa shape index (κ1) is 23.5. The lowest BCUT2D eigenvalue weighted by molar-refractivity contribution is 0.0987. The van der Waals surface area contributed by atoms with Crippen LogP contribution in [0.5, 0.6) is 5.75 Å². The molecule has 3 aromatic carbocycles. The number of nitrogens with one attached hydrogen (secondary N) is 1. The molecule has 0 aliphatic heterocycles. The molecule has 0 bridgehead atoms. The summed E-state index contributed by atoms with van der Waals surface area (Å²) in [5.74, 6) is -0.0963. The second-order valence-corrected chi connectivity index (χ2v) is 9.35. The van der Waals surface area contributed by atoms with Gasteiger partial charge in [0.05, 0.1) is 7.11 Å². The fraction of sp³-hybridized carbons (Fsp3) is 0.240. The number of benzene rings is 3. The molecule has 6 nitrogen and oxygen atoms in total. The van der Waals surface area contributed by atoms with Crippen LogP contribution in [0.2, 0.25) is 0 Å². The van der Waals surface area contributed by atoms with Crippen LogP contribution < -0.4 is 14.4 Å². The molecular formula is C25H28N2O4S. The highest BCUT2D eigenvalue weighted by Crippen LogP contribution is 2.27. The maximum atomic E-state index is 13.5. The number of nitrogens with zero attached hydrogens (tertiary/aromatic N) is 1. The SMILES string of the molecule is COc1ccc(C(=O)N(CCc2ccccc2)c2ccccc2)cc1S(=O)(=O)NC(C)C. The Kier molecular flexibility index (Phi) is 7.66. The summed E-state index contributed by atoms with van der Waals surface area (Å²) in [7, 11) is -2.45. The van der Waals surface area contributed by atoms with Gasteiger partial charge in [-0.3, -0.25) is 4.79 Å². The second kappa shape index (κ2) is 10.4. The van der Waals surface area contributed by atoms with Crippen molar-refractivity contribution in [3.8, 4) is 5.75 Å². The first-order valence-electron chi connectivity index (χ1n) is 10.4. The summed E-state index contributed by atoms with van der Waals surface area (Å²) in [5.41, 5.74) is 2.13. The Morgan fingerprint density at radius 2 is 1.59 bits per heavy atom. The summed E-state index contributed by atoms with van der Waals surface area (Å²) in [6, 6.07) is 23.5. The molecule has 3 aromatic rings. The molecule has 0 heterocycles. The summed E-state index contributed by atoms with van der Waals surface area (Å²) in [6.45, 7) is 3.92. The zero-order chi connectivity index (χ0) is 23.1. The minimum atomic E-state index is -3.85. The molecule has 0 aliphatic rings. The number of methoxy groups -OCH3 is 1. The van der Waals surface area contributed by atoms with Crippen LogP contribution >= 0.6 is 0 Å². The lowest BCUT2D eigenvalue weighted by atomic mass is 10.1. The molecule has 168 valence electrons. The highest BCUT2D eigenvalue weighted by Gasteiger charge is 2.25. The van der Waals surface area contributed by atoms with Gasteiger partial charge >= 0.3 is 0 Å². The van der Waals surface area contributed by atoms with E-state index in [-0.39, 0.29) is 28.2 Å². The first-order chi connectivity index (χ1) is 15.3. The van der Waals surface area contributed by atoms with Crippen molar-refractivity contribution >= 4 is 21.6 Å². The molecule has 0 radical (unpaired) electrons. The number of para-hydroxylation sites is 1. The number of rotatable bonds is 9. The fourth-order valence-electron chi connectivity index (χ4n) is 3.39. The van der Waals surface area contributed by atoms with Gasteiger partial charge in [-0.05, 0) is 56.2 Å². The van der Waals surface area contributed by atoms with Crippen molar-refractivity contribution < 1.29 is 17.9 Å². The molecule has 7 heteroatoms. The standard InChI is InChI=1S/C25H28N2O4S/c1-19(2)26-32(29,30)24-18-21(14-15-23(24)31-3)25(28)27(22-12-8-5-9-13-22)17-16-20-10-6-4-7-11-20/h4-15,18-19,26H,16-17H2,1-3H3. The maximum absolute atomic E-state index is 13.5. The molecule has 0 unspecified atom stereocenters. The fourth-order valence-corrected chi connectivity index (χ4v) is 4.84. The molecule has 0 saturated heterocycles. The van der Waals surface area contributed by atoms with E-state index in [0.29, 0.717) is 13.0 Å². The van der Waals surface area contributed by atoms with E-state index in [0.717, 1.165) is 11.3 Å². The van der Waals surface area contributed by atoms with Crippen molar-refractivity contribution in [1.29, 1.82) is 0 Å². The lowest BCUT2D eigenvalue weighted by Gasteiger charge is -2.24. The van der Waals surface area contributed by atoms with Gasteiger partial charge in [-0.2, -0.15) is 0 Å². The number of ether oxygens (including phenoxy) is 1. The third-order valence-electron chi connectivity index (χ3n) is 4.87. The van der Waals surface area contributed by atoms with Crippen LogP contribution in [0.25, 0.3) is 0 Å². The van der Waals surface area contributed by atoms with E-state index in [9.17, 15) is 13.2 Å². The topological polar surface area (TPSA) is 75.7 Å². The predicted octanol–water partition coefficient (Wildman–Crippen LogP) is 4.27. The van der Waals surface area contributed by atoms with Gasteiger partial charge in [-0.15, -0.1) is 0 Å². The van der Waals surface area contributed by atoms with Crippen molar-refractivity contribution in [2.75, 3.05) is 18.6 Å². The molecule has 0 spiro atoms. The number of carbonyl (C=O) groups is 1. The van der Waals surface area contributed by atoms with E-state index in [1.165, 1.54) is 19.2 Å². The van der Waals surface area contributed by atoms with Gasteiger partial charge in [0, 0.05) is 23.8 Å². The minimum Gasteiger partial charge on any atom is -0.495 e. The molecule has 3 rings (SSSR count). The Bertz CT molecular complexity index is 1150. The highest BCUT2D eigenvalue weighted by atomic mass is 32.2. The summed E-state index contributed by atoms with van der Waals surface area (Å²) < 4.78 is 33.5. The molecule has 0 saturated carbocycles. The number of anilines is 1. The van der Waals surface area contributed by atoms with E-state index >= 15 is 0 Å². The Hall–Kier alpha value is -3.16. The van der Waals surface area contributed by atoms with E-state index in [1.807, 2.05) is 60.7 Å². The highest BCUT2D eigenvalue weighted by molar-refractivity contribution is 7.89. The van der Waals surface area contributed by atoms with Crippen molar-refractivity contribution in [2.24, 2.45) is 0 Å². The molecule has 0 aliphatic carbocycles. The number of amides is 1. The summed E-state index contributed by atoms with van der Waals surface area (Å²) in [4.78, 5) is 15.1. The van der Waals surface area contributed by atoms with Crippen LogP contribution in [0, 0.1) is 0 Å².